The number of methoxy groups -OCH3 is 1. The molecule has 2 aliphatic rings. The van der Waals surface area contributed by atoms with E-state index >= 15 is 0 Å². The summed E-state index contributed by atoms with van der Waals surface area (Å²) in [6.07, 6.45) is 0.747. The fourth-order valence-electron chi connectivity index (χ4n) is 3.81. The van der Waals surface area contributed by atoms with Gasteiger partial charge in [0.1, 0.15) is 12.1 Å². The Morgan fingerprint density at radius 2 is 2.14 bits per heavy atom. The van der Waals surface area contributed by atoms with Crippen molar-refractivity contribution in [2.45, 2.75) is 51.3 Å². The van der Waals surface area contributed by atoms with Crippen LogP contribution in [0.15, 0.2) is 29.4 Å². The number of ether oxygens (including phenoxy) is 1. The Bertz CT molecular complexity index is 839. The van der Waals surface area contributed by atoms with Gasteiger partial charge in [-0.15, -0.1) is 0 Å². The molecular weight excluding hydrogens is 417 g/mol. The highest BCUT2D eigenvalue weighted by molar-refractivity contribution is 6.31. The molecule has 1 spiro atoms. The normalized spacial score (nSPS) is 25.0. The number of amides is 1. The van der Waals surface area contributed by atoms with Crippen molar-refractivity contribution in [3.63, 3.8) is 0 Å². The molecule has 0 radical (unpaired) electrons. The van der Waals surface area contributed by atoms with Gasteiger partial charge in [-0.3, -0.25) is 4.79 Å². The molecule has 158 valence electrons. The van der Waals surface area contributed by atoms with Crippen LogP contribution in [0.4, 0.5) is 0 Å². The largest absolute Gasteiger partial charge is 0.467 e. The summed E-state index contributed by atoms with van der Waals surface area (Å²) >= 11 is 12.0. The monoisotopic (exact) mass is 441 g/mol. The van der Waals surface area contributed by atoms with Crippen LogP contribution in [0.3, 0.4) is 0 Å². The summed E-state index contributed by atoms with van der Waals surface area (Å²) in [5.74, 6) is -0.767. The van der Waals surface area contributed by atoms with Gasteiger partial charge in [-0.1, -0.05) is 49.7 Å². The van der Waals surface area contributed by atoms with Crippen LogP contribution in [0.2, 0.25) is 5.02 Å². The molecule has 1 aromatic rings. The molecule has 2 heterocycles. The van der Waals surface area contributed by atoms with E-state index in [1.54, 1.807) is 6.07 Å². The smallest absolute Gasteiger partial charge is 0.328 e. The van der Waals surface area contributed by atoms with Crippen molar-refractivity contribution in [3.05, 3.63) is 34.9 Å². The minimum absolute atomic E-state index is 0.213. The lowest BCUT2D eigenvalue weighted by Crippen LogP contribution is -2.53. The van der Waals surface area contributed by atoms with E-state index in [0.717, 1.165) is 11.3 Å². The van der Waals surface area contributed by atoms with E-state index in [9.17, 15) is 9.59 Å². The maximum absolute atomic E-state index is 13.3. The molecule has 1 aromatic carbocycles. The summed E-state index contributed by atoms with van der Waals surface area (Å²) in [7, 11) is 1.31. The van der Waals surface area contributed by atoms with Gasteiger partial charge in [0.2, 0.25) is 5.91 Å². The van der Waals surface area contributed by atoms with E-state index in [1.807, 2.05) is 39.0 Å². The lowest BCUT2D eigenvalue weighted by molar-refractivity contribution is -0.152. The van der Waals surface area contributed by atoms with Gasteiger partial charge in [-0.2, -0.15) is 0 Å². The van der Waals surface area contributed by atoms with E-state index < -0.39 is 29.1 Å². The number of carbonyl (C=O) groups is 2. The van der Waals surface area contributed by atoms with Crippen LogP contribution in [0.5, 0.6) is 0 Å². The van der Waals surface area contributed by atoms with Gasteiger partial charge in [0.15, 0.2) is 5.60 Å². The summed E-state index contributed by atoms with van der Waals surface area (Å²) < 4.78 is 4.95. The standard InChI is InChI=1S/C20H25Cl2N3O4/c1-19(2,3)16(23-22)17(26)25-11-20(10-15(25)18(27)28-4)9-14(24-29-20)12-6-5-7-13(21)8-12/h5-8,15-16,23H,9-11H2,1-4H3/t15-,16+,20+/m0/s1. The minimum Gasteiger partial charge on any atom is -0.467 e. The lowest BCUT2D eigenvalue weighted by Gasteiger charge is -2.33. The van der Waals surface area contributed by atoms with E-state index in [-0.39, 0.29) is 18.9 Å². The van der Waals surface area contributed by atoms with Crippen molar-refractivity contribution in [1.29, 1.82) is 0 Å². The van der Waals surface area contributed by atoms with Gasteiger partial charge in [0.05, 0.1) is 19.4 Å². The Morgan fingerprint density at radius 3 is 2.72 bits per heavy atom. The first-order valence-electron chi connectivity index (χ1n) is 9.36. The maximum atomic E-state index is 13.3. The molecule has 1 amide bonds. The Balaban J connectivity index is 1.85. The number of oxime groups is 1. The Labute approximate surface area is 180 Å². The predicted molar refractivity (Wildman–Crippen MR) is 111 cm³/mol. The first-order valence-corrected chi connectivity index (χ1v) is 10.1. The van der Waals surface area contributed by atoms with Crippen LogP contribution in [0.1, 0.15) is 39.2 Å². The average molecular weight is 442 g/mol. The molecule has 3 rings (SSSR count). The Hall–Kier alpha value is -1.83. The van der Waals surface area contributed by atoms with Crippen LogP contribution in [-0.2, 0) is 19.2 Å². The number of hydrogen-bond acceptors (Lipinski definition) is 6. The first-order chi connectivity index (χ1) is 13.6. The van der Waals surface area contributed by atoms with E-state index in [0.29, 0.717) is 11.4 Å². The number of rotatable bonds is 4. The first kappa shape index (κ1) is 21.9. The van der Waals surface area contributed by atoms with Gasteiger partial charge in [0.25, 0.3) is 0 Å². The number of nitrogens with one attached hydrogen (secondary N) is 1. The highest BCUT2D eigenvalue weighted by Crippen LogP contribution is 2.40. The van der Waals surface area contributed by atoms with Crippen LogP contribution in [-0.4, -0.2) is 53.8 Å². The molecule has 7 nitrogen and oxygen atoms in total. The average Bonchev–Trinajstić information content (AvgIpc) is 3.25. The lowest BCUT2D eigenvalue weighted by atomic mass is 9.86. The maximum Gasteiger partial charge on any atom is 0.328 e. The summed E-state index contributed by atoms with van der Waals surface area (Å²) in [6.45, 7) is 5.91. The van der Waals surface area contributed by atoms with Crippen LogP contribution in [0, 0.1) is 5.41 Å². The van der Waals surface area contributed by atoms with Gasteiger partial charge >= 0.3 is 5.97 Å². The molecule has 0 saturated carbocycles. The number of benzene rings is 1. The van der Waals surface area contributed by atoms with Gasteiger partial charge in [-0.05, 0) is 29.3 Å². The van der Waals surface area contributed by atoms with Crippen molar-refractivity contribution in [2.24, 2.45) is 10.6 Å². The molecule has 9 heteroatoms. The second-order valence-electron chi connectivity index (χ2n) is 8.62. The second-order valence-corrected chi connectivity index (χ2v) is 9.27. The SMILES string of the molecule is COC(=O)[C@@H]1C[C@]2(CC(c3cccc(Cl)c3)=NO2)CN1C(=O)[C@@H](NCl)C(C)(C)C. The molecule has 1 fully saturated rings. The molecule has 2 aliphatic heterocycles. The number of halogens is 2. The molecule has 0 aliphatic carbocycles. The predicted octanol–water partition coefficient (Wildman–Crippen LogP) is 3.14. The number of carbonyl (C=O) groups excluding carboxylic acids is 2. The second kappa shape index (κ2) is 8.13. The van der Waals surface area contributed by atoms with Crippen molar-refractivity contribution in [1.82, 2.24) is 9.74 Å². The zero-order valence-corrected chi connectivity index (χ0v) is 18.4. The fraction of sp³-hybridized carbons (Fsp3) is 0.550. The summed E-state index contributed by atoms with van der Waals surface area (Å²) in [6, 6.07) is 5.89. The van der Waals surface area contributed by atoms with Crippen LogP contribution in [0.25, 0.3) is 0 Å². The number of likely N-dealkylation sites (tertiary alicyclic amines) is 1. The molecule has 1 N–H and O–H groups in total. The van der Waals surface area contributed by atoms with E-state index in [1.165, 1.54) is 12.0 Å². The molecule has 3 atom stereocenters. The molecule has 0 bridgehead atoms. The molecule has 1 saturated heterocycles. The summed E-state index contributed by atoms with van der Waals surface area (Å²) in [5, 5.41) is 4.84. The Morgan fingerprint density at radius 1 is 1.41 bits per heavy atom. The van der Waals surface area contributed by atoms with Gasteiger partial charge in [-0.25, -0.2) is 9.63 Å². The fourth-order valence-corrected chi connectivity index (χ4v) is 4.42. The van der Waals surface area contributed by atoms with Gasteiger partial charge < -0.3 is 14.5 Å². The number of nitrogens with zero attached hydrogens (tertiary/aromatic N) is 2. The van der Waals surface area contributed by atoms with E-state index in [2.05, 4.69) is 9.99 Å². The highest BCUT2D eigenvalue weighted by Gasteiger charge is 2.55. The molecule has 0 aromatic heterocycles. The molecule has 0 unspecified atom stereocenters. The zero-order valence-electron chi connectivity index (χ0n) is 16.9. The summed E-state index contributed by atoms with van der Waals surface area (Å²) in [5.41, 5.74) is 0.340. The van der Waals surface area contributed by atoms with Crippen molar-refractivity contribution < 1.29 is 19.2 Å². The molecule has 29 heavy (non-hydrogen) atoms. The quantitative estimate of drug-likeness (QED) is 0.573. The Kier molecular flexibility index (Phi) is 6.13. The van der Waals surface area contributed by atoms with Crippen molar-refractivity contribution >= 4 is 41.0 Å². The molecular formula is C20H25Cl2N3O4. The zero-order chi connectivity index (χ0) is 21.4. The topological polar surface area (TPSA) is 80.2 Å². The number of hydrogen-bond donors (Lipinski definition) is 1. The van der Waals surface area contributed by atoms with E-state index in [4.69, 9.17) is 33.0 Å². The minimum atomic E-state index is -0.791. The van der Waals surface area contributed by atoms with Crippen LogP contribution >= 0.6 is 23.4 Å². The third kappa shape index (κ3) is 4.37. The van der Waals surface area contributed by atoms with Gasteiger partial charge in [0, 0.05) is 23.4 Å². The third-order valence-corrected chi connectivity index (χ3v) is 5.83. The highest BCUT2D eigenvalue weighted by atomic mass is 35.5. The third-order valence-electron chi connectivity index (χ3n) is 5.38. The summed E-state index contributed by atoms with van der Waals surface area (Å²) in [4.78, 5) is 35.6. The van der Waals surface area contributed by atoms with Crippen molar-refractivity contribution in [2.75, 3.05) is 13.7 Å². The van der Waals surface area contributed by atoms with Crippen molar-refractivity contribution in [3.8, 4) is 0 Å². The van der Waals surface area contributed by atoms with Crippen LogP contribution < -0.4 is 4.84 Å². The number of esters is 1.